The molecule has 0 fully saturated rings. The fourth-order valence-electron chi connectivity index (χ4n) is 1.90. The molecule has 2 N–H and O–H groups in total. The lowest BCUT2D eigenvalue weighted by Crippen LogP contribution is -2.30. The number of aryl methyl sites for hydroxylation is 1. The van der Waals surface area contributed by atoms with Crippen LogP contribution in [0.2, 0.25) is 0 Å². The maximum atomic E-state index is 13.9. The Morgan fingerprint density at radius 2 is 2.00 bits per heavy atom. The number of rotatable bonds is 5. The molecule has 0 bridgehead atoms. The van der Waals surface area contributed by atoms with Crippen molar-refractivity contribution < 1.29 is 13.5 Å². The van der Waals surface area contributed by atoms with Crippen LogP contribution >= 0.6 is 0 Å². The van der Waals surface area contributed by atoms with Gasteiger partial charge in [-0.25, -0.2) is 8.78 Å². The second kappa shape index (κ2) is 6.07. The lowest BCUT2D eigenvalue weighted by Gasteiger charge is -2.23. The smallest absolute Gasteiger partial charge is 0.133 e. The normalized spacial score (nSPS) is 14.7. The second-order valence-corrected chi connectivity index (χ2v) is 4.18. The molecule has 0 spiro atoms. The van der Waals surface area contributed by atoms with Crippen molar-refractivity contribution in [1.29, 1.82) is 0 Å². The second-order valence-electron chi connectivity index (χ2n) is 4.18. The molecule has 1 rings (SSSR count). The van der Waals surface area contributed by atoms with Gasteiger partial charge in [0.1, 0.15) is 11.6 Å². The van der Waals surface area contributed by atoms with Crippen LogP contribution in [0.3, 0.4) is 0 Å². The number of ether oxygens (including phenoxy) is 1. The number of hydrogen-bond acceptors (Lipinski definition) is 2. The molecule has 0 radical (unpaired) electrons. The first-order valence-electron chi connectivity index (χ1n) is 5.75. The van der Waals surface area contributed by atoms with Crippen LogP contribution in [0, 0.1) is 18.6 Å². The third-order valence-electron chi connectivity index (χ3n) is 2.93. The van der Waals surface area contributed by atoms with Crippen molar-refractivity contribution in [2.45, 2.75) is 38.8 Å². The van der Waals surface area contributed by atoms with Crippen molar-refractivity contribution in [3.63, 3.8) is 0 Å². The lowest BCUT2D eigenvalue weighted by molar-refractivity contribution is 0.0704. The first kappa shape index (κ1) is 14.1. The molecular formula is C13H19F2NO. The number of hydrogen-bond donors (Lipinski definition) is 1. The van der Waals surface area contributed by atoms with E-state index >= 15 is 0 Å². The molecular weight excluding hydrogens is 224 g/mol. The topological polar surface area (TPSA) is 35.2 Å². The Labute approximate surface area is 101 Å². The van der Waals surface area contributed by atoms with Crippen molar-refractivity contribution in [3.05, 3.63) is 34.9 Å². The Balaban J connectivity index is 3.10. The van der Waals surface area contributed by atoms with Crippen LogP contribution < -0.4 is 5.73 Å². The van der Waals surface area contributed by atoms with Crippen LogP contribution in [-0.2, 0) is 4.74 Å². The third kappa shape index (κ3) is 3.01. The highest BCUT2D eigenvalue weighted by Gasteiger charge is 2.25. The van der Waals surface area contributed by atoms with Crippen LogP contribution in [0.5, 0.6) is 0 Å². The molecule has 4 heteroatoms. The molecule has 17 heavy (non-hydrogen) atoms. The molecule has 2 unspecified atom stereocenters. The number of benzene rings is 1. The molecule has 0 saturated carbocycles. The minimum atomic E-state index is -0.778. The number of nitrogens with two attached hydrogens (primary N) is 1. The SMILES string of the molecule is CCCC(OC)C(N)c1c(F)ccc(C)c1F. The zero-order valence-electron chi connectivity index (χ0n) is 10.5. The van der Waals surface area contributed by atoms with Gasteiger partial charge in [-0.3, -0.25) is 0 Å². The van der Waals surface area contributed by atoms with Gasteiger partial charge in [0.2, 0.25) is 0 Å². The summed E-state index contributed by atoms with van der Waals surface area (Å²) in [6, 6.07) is 1.87. The van der Waals surface area contributed by atoms with Gasteiger partial charge in [-0.1, -0.05) is 19.4 Å². The molecule has 0 saturated heterocycles. The van der Waals surface area contributed by atoms with Gasteiger partial charge >= 0.3 is 0 Å². The molecule has 0 aliphatic rings. The third-order valence-corrected chi connectivity index (χ3v) is 2.93. The van der Waals surface area contributed by atoms with E-state index in [-0.39, 0.29) is 11.7 Å². The van der Waals surface area contributed by atoms with Crippen molar-refractivity contribution in [2.75, 3.05) is 7.11 Å². The van der Waals surface area contributed by atoms with E-state index in [4.69, 9.17) is 10.5 Å². The van der Waals surface area contributed by atoms with Gasteiger partial charge in [-0.05, 0) is 25.0 Å². The van der Waals surface area contributed by atoms with Gasteiger partial charge in [-0.15, -0.1) is 0 Å². The minimum absolute atomic E-state index is 0.0784. The van der Waals surface area contributed by atoms with E-state index in [1.807, 2.05) is 6.92 Å². The summed E-state index contributed by atoms with van der Waals surface area (Å²) in [4.78, 5) is 0. The minimum Gasteiger partial charge on any atom is -0.379 e. The Morgan fingerprint density at radius 1 is 1.35 bits per heavy atom. The Morgan fingerprint density at radius 3 is 2.53 bits per heavy atom. The van der Waals surface area contributed by atoms with Gasteiger partial charge in [-0.2, -0.15) is 0 Å². The monoisotopic (exact) mass is 243 g/mol. The Hall–Kier alpha value is -1.00. The van der Waals surface area contributed by atoms with Crippen molar-refractivity contribution in [3.8, 4) is 0 Å². The van der Waals surface area contributed by atoms with Crippen LogP contribution in [0.15, 0.2) is 12.1 Å². The maximum Gasteiger partial charge on any atom is 0.133 e. The van der Waals surface area contributed by atoms with Gasteiger partial charge in [0.25, 0.3) is 0 Å². The summed E-state index contributed by atoms with van der Waals surface area (Å²) < 4.78 is 32.7. The maximum absolute atomic E-state index is 13.9. The fraction of sp³-hybridized carbons (Fsp3) is 0.538. The van der Waals surface area contributed by atoms with E-state index < -0.39 is 17.7 Å². The van der Waals surface area contributed by atoms with Crippen LogP contribution in [0.4, 0.5) is 8.78 Å². The molecule has 0 aliphatic carbocycles. The molecule has 2 nitrogen and oxygen atoms in total. The molecule has 0 aromatic heterocycles. The highest BCUT2D eigenvalue weighted by Crippen LogP contribution is 2.26. The summed E-state index contributed by atoms with van der Waals surface area (Å²) in [5.41, 5.74) is 6.21. The zero-order valence-corrected chi connectivity index (χ0v) is 10.5. The average Bonchev–Trinajstić information content (AvgIpc) is 2.31. The molecule has 2 atom stereocenters. The van der Waals surface area contributed by atoms with E-state index in [0.717, 1.165) is 6.42 Å². The quantitative estimate of drug-likeness (QED) is 0.862. The number of methoxy groups -OCH3 is 1. The average molecular weight is 243 g/mol. The Bertz CT molecular complexity index is 382. The predicted molar refractivity (Wildman–Crippen MR) is 63.7 cm³/mol. The molecule has 0 amide bonds. The first-order valence-corrected chi connectivity index (χ1v) is 5.75. The summed E-state index contributed by atoms with van der Waals surface area (Å²) in [6.07, 6.45) is 1.15. The van der Waals surface area contributed by atoms with Crippen molar-refractivity contribution in [2.24, 2.45) is 5.73 Å². The summed E-state index contributed by atoms with van der Waals surface area (Å²) >= 11 is 0. The zero-order chi connectivity index (χ0) is 13.0. The summed E-state index contributed by atoms with van der Waals surface area (Å²) in [6.45, 7) is 3.56. The largest absolute Gasteiger partial charge is 0.379 e. The van der Waals surface area contributed by atoms with E-state index in [2.05, 4.69) is 0 Å². The lowest BCUT2D eigenvalue weighted by atomic mass is 9.96. The summed E-state index contributed by atoms with van der Waals surface area (Å²) in [5, 5.41) is 0. The molecule has 1 aromatic rings. The highest BCUT2D eigenvalue weighted by molar-refractivity contribution is 5.29. The molecule has 1 aromatic carbocycles. The first-order chi connectivity index (χ1) is 8.02. The van der Waals surface area contributed by atoms with Crippen molar-refractivity contribution >= 4 is 0 Å². The van der Waals surface area contributed by atoms with E-state index in [9.17, 15) is 8.78 Å². The number of halogens is 2. The Kier molecular flexibility index (Phi) is 5.02. The van der Waals surface area contributed by atoms with Crippen molar-refractivity contribution in [1.82, 2.24) is 0 Å². The van der Waals surface area contributed by atoms with Gasteiger partial charge < -0.3 is 10.5 Å². The van der Waals surface area contributed by atoms with E-state index in [0.29, 0.717) is 12.0 Å². The van der Waals surface area contributed by atoms with Crippen LogP contribution in [-0.4, -0.2) is 13.2 Å². The van der Waals surface area contributed by atoms with Gasteiger partial charge in [0.15, 0.2) is 0 Å². The van der Waals surface area contributed by atoms with Crippen LogP contribution in [0.25, 0.3) is 0 Å². The summed E-state index contributed by atoms with van der Waals surface area (Å²) in [5.74, 6) is -1.19. The predicted octanol–water partition coefficient (Wildman–Crippen LogP) is 3.09. The highest BCUT2D eigenvalue weighted by atomic mass is 19.1. The van der Waals surface area contributed by atoms with Crippen LogP contribution in [0.1, 0.15) is 36.9 Å². The van der Waals surface area contributed by atoms with Gasteiger partial charge in [0.05, 0.1) is 12.1 Å². The van der Waals surface area contributed by atoms with E-state index in [1.54, 1.807) is 6.92 Å². The standard InChI is InChI=1S/C13H19F2NO/c1-4-5-10(17-3)13(16)11-9(14)7-6-8(2)12(11)15/h6-7,10,13H,4-5,16H2,1-3H3. The molecule has 0 aliphatic heterocycles. The summed E-state index contributed by atoms with van der Waals surface area (Å²) in [7, 11) is 1.51. The molecule has 96 valence electrons. The fourth-order valence-corrected chi connectivity index (χ4v) is 1.90. The molecule has 0 heterocycles. The van der Waals surface area contributed by atoms with Gasteiger partial charge in [0, 0.05) is 12.7 Å². The van der Waals surface area contributed by atoms with E-state index in [1.165, 1.54) is 19.2 Å².